The number of ether oxygens (including phenoxy) is 1. The van der Waals surface area contributed by atoms with Crippen LogP contribution in [0.5, 0.6) is 0 Å². The molecule has 1 aromatic carbocycles. The smallest absolute Gasteiger partial charge is 0.142 e. The number of aliphatic hydroxyl groups excluding tert-OH is 3. The van der Waals surface area contributed by atoms with Crippen molar-refractivity contribution in [1.29, 1.82) is 0 Å². The lowest BCUT2D eigenvalue weighted by Gasteiger charge is -2.32. The van der Waals surface area contributed by atoms with Crippen LogP contribution in [0.1, 0.15) is 18.1 Å². The number of fused-ring (bicyclic) bond motifs is 1. The van der Waals surface area contributed by atoms with Crippen molar-refractivity contribution in [3.05, 3.63) is 34.6 Å². The number of nitrogens with zero attached hydrogens (tertiary/aromatic N) is 3. The maximum absolute atomic E-state index is 13.7. The van der Waals surface area contributed by atoms with Crippen LogP contribution in [-0.4, -0.2) is 74.9 Å². The second-order valence-corrected chi connectivity index (χ2v) is 7.44. The topological polar surface area (TPSA) is 130 Å². The van der Waals surface area contributed by atoms with Crippen molar-refractivity contribution in [1.82, 2.24) is 10.4 Å². The molecule has 2 unspecified atom stereocenters. The maximum Gasteiger partial charge on any atom is 0.142 e. The molecular formula is C17H20ClFN4O5. The zero-order valence-electron chi connectivity index (χ0n) is 14.6. The van der Waals surface area contributed by atoms with Crippen LogP contribution in [0.3, 0.4) is 0 Å². The summed E-state index contributed by atoms with van der Waals surface area (Å²) in [6.45, 7) is 0.472. The molecule has 9 nitrogen and oxygen atoms in total. The van der Waals surface area contributed by atoms with Crippen LogP contribution < -0.4 is 5.48 Å². The minimum absolute atomic E-state index is 0.0880. The average molecular weight is 415 g/mol. The lowest BCUT2D eigenvalue weighted by Crippen LogP contribution is -2.49. The second kappa shape index (κ2) is 7.64. The van der Waals surface area contributed by atoms with Gasteiger partial charge in [-0.15, -0.1) is 0 Å². The highest BCUT2D eigenvalue weighted by Gasteiger charge is 2.53. The van der Waals surface area contributed by atoms with Gasteiger partial charge in [-0.3, -0.25) is 20.6 Å². The molecule has 0 saturated carbocycles. The molecule has 0 aromatic heterocycles. The van der Waals surface area contributed by atoms with Crippen molar-refractivity contribution in [2.24, 2.45) is 15.9 Å². The zero-order chi connectivity index (χ0) is 20.0. The Hall–Kier alpha value is -1.66. The standard InChI is InChI=1S/C17H20ClFN4O5/c18-9-2-1-7(5-10(9)19)11(24)14-12(25)13(26)17(28-14)23-4-3-8-15(22-27)20-6-21-16(8)23/h1-2,5-6,8,11-14,16-17,24-27H,3-4H2,(H,20,21,22)/t8?,11-,12+,13-,14-,16?,17-/m1/s1. The monoisotopic (exact) mass is 414 g/mol. The summed E-state index contributed by atoms with van der Waals surface area (Å²) in [5, 5.41) is 40.7. The predicted octanol–water partition coefficient (Wildman–Crippen LogP) is 0.0264. The minimum Gasteiger partial charge on any atom is -0.387 e. The van der Waals surface area contributed by atoms with Gasteiger partial charge in [-0.25, -0.2) is 9.38 Å². The molecule has 2 fully saturated rings. The first-order chi connectivity index (χ1) is 13.4. The van der Waals surface area contributed by atoms with Crippen molar-refractivity contribution in [2.75, 3.05) is 6.54 Å². The van der Waals surface area contributed by atoms with E-state index in [2.05, 4.69) is 15.5 Å². The van der Waals surface area contributed by atoms with Crippen LogP contribution in [0.2, 0.25) is 5.02 Å². The highest BCUT2D eigenvalue weighted by molar-refractivity contribution is 6.30. The SMILES string of the molecule is ONC1=NC=NC2C1CCN2[C@@H]1O[C@H]([C@H](O)c2ccc(Cl)c(F)c2)[C@@H](O)[C@H]1O. The summed E-state index contributed by atoms with van der Waals surface area (Å²) < 4.78 is 19.5. The van der Waals surface area contributed by atoms with E-state index in [-0.39, 0.29) is 16.5 Å². The van der Waals surface area contributed by atoms with Crippen LogP contribution >= 0.6 is 11.6 Å². The number of hydrogen-bond acceptors (Lipinski definition) is 9. The number of nitrogens with one attached hydrogen (secondary N) is 1. The summed E-state index contributed by atoms with van der Waals surface area (Å²) in [4.78, 5) is 10.0. The number of rotatable bonds is 3. The van der Waals surface area contributed by atoms with Gasteiger partial charge < -0.3 is 20.1 Å². The highest BCUT2D eigenvalue weighted by atomic mass is 35.5. The lowest BCUT2D eigenvalue weighted by atomic mass is 9.99. The molecule has 2 saturated heterocycles. The number of hydrogen-bond donors (Lipinski definition) is 5. The Kier molecular flexibility index (Phi) is 5.36. The predicted molar refractivity (Wildman–Crippen MR) is 96.5 cm³/mol. The van der Waals surface area contributed by atoms with E-state index in [4.69, 9.17) is 16.3 Å². The summed E-state index contributed by atoms with van der Waals surface area (Å²) in [6, 6.07) is 3.80. The highest BCUT2D eigenvalue weighted by Crippen LogP contribution is 2.38. The number of aliphatic hydroxyl groups is 3. The van der Waals surface area contributed by atoms with E-state index in [0.29, 0.717) is 18.8 Å². The lowest BCUT2D eigenvalue weighted by molar-refractivity contribution is -0.120. The molecule has 0 amide bonds. The summed E-state index contributed by atoms with van der Waals surface area (Å²) in [5.74, 6) is -0.550. The zero-order valence-corrected chi connectivity index (χ0v) is 15.3. The third-order valence-electron chi connectivity index (χ3n) is 5.48. The van der Waals surface area contributed by atoms with Crippen LogP contribution in [0.4, 0.5) is 4.39 Å². The van der Waals surface area contributed by atoms with Crippen LogP contribution in [0, 0.1) is 11.7 Å². The van der Waals surface area contributed by atoms with Gasteiger partial charge in [0.15, 0.2) is 0 Å². The van der Waals surface area contributed by atoms with Gasteiger partial charge in [0, 0.05) is 6.54 Å². The molecule has 0 bridgehead atoms. The Morgan fingerprint density at radius 1 is 1.32 bits per heavy atom. The van der Waals surface area contributed by atoms with E-state index in [0.717, 1.165) is 6.07 Å². The summed E-state index contributed by atoms with van der Waals surface area (Å²) in [5.41, 5.74) is 2.23. The Bertz CT molecular complexity index is 812. The molecule has 1 aromatic rings. The quantitative estimate of drug-likeness (QED) is 0.441. The van der Waals surface area contributed by atoms with Crippen LogP contribution in [0.15, 0.2) is 28.2 Å². The van der Waals surface area contributed by atoms with Crippen molar-refractivity contribution in [2.45, 2.75) is 43.2 Å². The Morgan fingerprint density at radius 3 is 2.82 bits per heavy atom. The summed E-state index contributed by atoms with van der Waals surface area (Å²) in [6.07, 6.45) is -4.71. The van der Waals surface area contributed by atoms with Crippen LogP contribution in [-0.2, 0) is 4.74 Å². The Morgan fingerprint density at radius 2 is 2.11 bits per heavy atom. The van der Waals surface area contributed by atoms with Gasteiger partial charge in [0.05, 0.1) is 10.9 Å². The molecule has 3 heterocycles. The number of benzene rings is 1. The van der Waals surface area contributed by atoms with E-state index in [1.807, 2.05) is 0 Å². The first-order valence-electron chi connectivity index (χ1n) is 8.82. The van der Waals surface area contributed by atoms with Crippen molar-refractivity contribution in [3.63, 3.8) is 0 Å². The van der Waals surface area contributed by atoms with Crippen molar-refractivity contribution >= 4 is 23.8 Å². The number of amidine groups is 1. The summed E-state index contributed by atoms with van der Waals surface area (Å²) >= 11 is 5.66. The van der Waals surface area contributed by atoms with Gasteiger partial charge in [-0.2, -0.15) is 0 Å². The fourth-order valence-corrected chi connectivity index (χ4v) is 4.14. The second-order valence-electron chi connectivity index (χ2n) is 7.03. The van der Waals surface area contributed by atoms with Gasteiger partial charge in [-0.1, -0.05) is 17.7 Å². The van der Waals surface area contributed by atoms with E-state index < -0.39 is 42.6 Å². The molecule has 152 valence electrons. The molecule has 5 N–H and O–H groups in total. The van der Waals surface area contributed by atoms with Crippen molar-refractivity contribution < 1.29 is 29.7 Å². The van der Waals surface area contributed by atoms with Gasteiger partial charge in [0.2, 0.25) is 0 Å². The number of aliphatic imine (C=N–C) groups is 2. The van der Waals surface area contributed by atoms with Crippen LogP contribution in [0.25, 0.3) is 0 Å². The van der Waals surface area contributed by atoms with Gasteiger partial charge in [0.1, 0.15) is 54.8 Å². The Balaban J connectivity index is 1.53. The number of hydroxylamine groups is 1. The third-order valence-corrected chi connectivity index (χ3v) is 5.78. The van der Waals surface area contributed by atoms with Gasteiger partial charge in [-0.05, 0) is 24.1 Å². The molecule has 7 atom stereocenters. The third kappa shape index (κ3) is 3.20. The van der Waals surface area contributed by atoms with Crippen molar-refractivity contribution in [3.8, 4) is 0 Å². The first kappa shape index (κ1) is 19.6. The fourth-order valence-electron chi connectivity index (χ4n) is 4.02. The molecule has 11 heteroatoms. The minimum atomic E-state index is -1.39. The normalized spacial score (nSPS) is 36.3. The molecule has 3 aliphatic heterocycles. The van der Waals surface area contributed by atoms with E-state index >= 15 is 0 Å². The molecule has 0 aliphatic carbocycles. The Labute approximate surface area is 164 Å². The molecule has 4 rings (SSSR count). The molecule has 3 aliphatic rings. The summed E-state index contributed by atoms with van der Waals surface area (Å²) in [7, 11) is 0. The van der Waals surface area contributed by atoms with E-state index in [1.54, 1.807) is 4.90 Å². The average Bonchev–Trinajstić information content (AvgIpc) is 3.25. The molecule has 0 radical (unpaired) electrons. The largest absolute Gasteiger partial charge is 0.387 e. The maximum atomic E-state index is 13.7. The van der Waals surface area contributed by atoms with E-state index in [1.165, 1.54) is 18.5 Å². The fraction of sp³-hybridized carbons (Fsp3) is 0.529. The first-order valence-corrected chi connectivity index (χ1v) is 9.20. The number of likely N-dealkylation sites (tertiary alicyclic amines) is 1. The van der Waals surface area contributed by atoms with E-state index in [9.17, 15) is 24.9 Å². The van der Waals surface area contributed by atoms with Gasteiger partial charge in [0.25, 0.3) is 0 Å². The molecule has 0 spiro atoms. The molecular weight excluding hydrogens is 395 g/mol. The van der Waals surface area contributed by atoms with Gasteiger partial charge >= 0.3 is 0 Å². The number of halogens is 2. The molecule has 28 heavy (non-hydrogen) atoms.